The van der Waals surface area contributed by atoms with Crippen molar-refractivity contribution in [1.29, 1.82) is 0 Å². The molecule has 2 heteroatoms. The van der Waals surface area contributed by atoms with Crippen molar-refractivity contribution >= 4 is 0 Å². The molecule has 1 aromatic carbocycles. The Morgan fingerprint density at radius 3 is 2.21 bits per heavy atom. The summed E-state index contributed by atoms with van der Waals surface area (Å²) in [4.78, 5) is 4.31. The molecule has 0 aliphatic carbocycles. The maximum atomic E-state index is 8.97. The second kappa shape index (κ2) is 8.44. The van der Waals surface area contributed by atoms with E-state index in [1.165, 1.54) is 0 Å². The van der Waals surface area contributed by atoms with Crippen LogP contribution in [-0.4, -0.2) is 16.7 Å². The Kier molecular flexibility index (Phi) is 6.83. The number of nitrogens with zero attached hydrogens (tertiary/aromatic N) is 1. The molecule has 1 aromatic heterocycles. The van der Waals surface area contributed by atoms with Crippen molar-refractivity contribution in [2.24, 2.45) is 5.92 Å². The van der Waals surface area contributed by atoms with Crippen molar-refractivity contribution in [2.75, 3.05) is 6.61 Å². The first kappa shape index (κ1) is 15.4. The van der Waals surface area contributed by atoms with E-state index in [4.69, 9.17) is 5.11 Å². The van der Waals surface area contributed by atoms with E-state index in [-0.39, 0.29) is 6.61 Å². The van der Waals surface area contributed by atoms with Gasteiger partial charge in [-0.2, -0.15) is 0 Å². The summed E-state index contributed by atoms with van der Waals surface area (Å²) in [5, 5.41) is 8.97. The number of benzene rings is 1. The molecule has 0 amide bonds. The Balaban J connectivity index is 0.000000399. The number of aliphatic hydroxyl groups excluding tert-OH is 1. The highest BCUT2D eigenvalue weighted by molar-refractivity contribution is 5.63. The van der Waals surface area contributed by atoms with Crippen LogP contribution in [0.4, 0.5) is 0 Å². The molecule has 1 heterocycles. The highest BCUT2D eigenvalue weighted by atomic mass is 16.2. The zero-order valence-corrected chi connectivity index (χ0v) is 12.0. The first-order valence-electron chi connectivity index (χ1n) is 6.75. The predicted molar refractivity (Wildman–Crippen MR) is 81.0 cm³/mol. The van der Waals surface area contributed by atoms with Crippen LogP contribution in [0, 0.1) is 5.92 Å². The van der Waals surface area contributed by atoms with Crippen molar-refractivity contribution in [3.05, 3.63) is 54.2 Å². The van der Waals surface area contributed by atoms with Gasteiger partial charge in [0, 0.05) is 18.4 Å². The largest absolute Gasteiger partial charge is 0.396 e. The molecule has 0 fully saturated rings. The van der Waals surface area contributed by atoms with Crippen LogP contribution < -0.4 is 0 Å². The molecular weight excluding hydrogens is 234 g/mol. The van der Waals surface area contributed by atoms with Gasteiger partial charge in [0.15, 0.2) is 0 Å². The summed E-state index contributed by atoms with van der Waals surface area (Å²) >= 11 is 0. The van der Waals surface area contributed by atoms with Crippen LogP contribution in [-0.2, 0) is 6.42 Å². The molecule has 2 aromatic rings. The van der Waals surface area contributed by atoms with E-state index < -0.39 is 0 Å². The normalized spacial score (nSPS) is 9.95. The summed E-state index contributed by atoms with van der Waals surface area (Å²) in [7, 11) is 0. The van der Waals surface area contributed by atoms with Gasteiger partial charge in [-0.25, -0.2) is 0 Å². The SMILES string of the molecule is CC(C)C.OCCc1ccccc1-c1ccccn1. The standard InChI is InChI=1S/C13H13NO.C4H10/c15-10-8-11-5-1-2-6-12(11)13-7-3-4-9-14-13;1-4(2)3/h1-7,9,15H,8,10H2;4H,1-3H3. The number of pyridine rings is 1. The third kappa shape index (κ3) is 5.66. The lowest BCUT2D eigenvalue weighted by Gasteiger charge is -2.06. The molecule has 0 saturated heterocycles. The highest BCUT2D eigenvalue weighted by Crippen LogP contribution is 2.21. The van der Waals surface area contributed by atoms with Crippen molar-refractivity contribution in [3.63, 3.8) is 0 Å². The van der Waals surface area contributed by atoms with Gasteiger partial charge in [0.05, 0.1) is 5.69 Å². The Bertz CT molecular complexity index is 463. The van der Waals surface area contributed by atoms with Gasteiger partial charge in [-0.3, -0.25) is 4.98 Å². The molecule has 2 nitrogen and oxygen atoms in total. The maximum absolute atomic E-state index is 8.97. The smallest absolute Gasteiger partial charge is 0.0704 e. The molecule has 0 saturated carbocycles. The summed E-state index contributed by atoms with van der Waals surface area (Å²) in [5.74, 6) is 0.833. The van der Waals surface area contributed by atoms with Gasteiger partial charge in [-0.15, -0.1) is 0 Å². The van der Waals surface area contributed by atoms with E-state index >= 15 is 0 Å². The second-order valence-electron chi connectivity index (χ2n) is 5.08. The van der Waals surface area contributed by atoms with Crippen LogP contribution in [0.5, 0.6) is 0 Å². The molecule has 0 atom stereocenters. The number of hydrogen-bond acceptors (Lipinski definition) is 2. The molecule has 1 N–H and O–H groups in total. The Hall–Kier alpha value is -1.67. The van der Waals surface area contributed by atoms with Crippen molar-refractivity contribution in [1.82, 2.24) is 4.98 Å². The summed E-state index contributed by atoms with van der Waals surface area (Å²) in [6, 6.07) is 13.9. The van der Waals surface area contributed by atoms with E-state index in [2.05, 4.69) is 25.8 Å². The lowest BCUT2D eigenvalue weighted by molar-refractivity contribution is 0.300. The fraction of sp³-hybridized carbons (Fsp3) is 0.353. The molecule has 0 radical (unpaired) electrons. The number of hydrogen-bond donors (Lipinski definition) is 1. The van der Waals surface area contributed by atoms with Crippen LogP contribution in [0.2, 0.25) is 0 Å². The Morgan fingerprint density at radius 2 is 1.63 bits per heavy atom. The first-order chi connectivity index (χ1) is 9.15. The van der Waals surface area contributed by atoms with E-state index in [0.29, 0.717) is 6.42 Å². The number of aromatic nitrogens is 1. The van der Waals surface area contributed by atoms with Gasteiger partial charge in [-0.05, 0) is 30.0 Å². The van der Waals surface area contributed by atoms with Crippen LogP contribution in [0.25, 0.3) is 11.3 Å². The molecule has 0 aliphatic heterocycles. The fourth-order valence-corrected chi connectivity index (χ4v) is 1.63. The van der Waals surface area contributed by atoms with Gasteiger partial charge < -0.3 is 5.11 Å². The molecule has 0 spiro atoms. The average Bonchev–Trinajstić information content (AvgIpc) is 2.40. The molecular formula is C17H23NO. The monoisotopic (exact) mass is 257 g/mol. The van der Waals surface area contributed by atoms with E-state index in [0.717, 1.165) is 22.7 Å². The van der Waals surface area contributed by atoms with Crippen molar-refractivity contribution in [3.8, 4) is 11.3 Å². The minimum atomic E-state index is 0.170. The topological polar surface area (TPSA) is 33.1 Å². The quantitative estimate of drug-likeness (QED) is 0.903. The van der Waals surface area contributed by atoms with Crippen LogP contribution in [0.15, 0.2) is 48.7 Å². The minimum absolute atomic E-state index is 0.170. The summed E-state index contributed by atoms with van der Waals surface area (Å²) < 4.78 is 0. The lowest BCUT2D eigenvalue weighted by atomic mass is 10.0. The Morgan fingerprint density at radius 1 is 1.00 bits per heavy atom. The van der Waals surface area contributed by atoms with Crippen molar-refractivity contribution < 1.29 is 5.11 Å². The summed E-state index contributed by atoms with van der Waals surface area (Å²) in [6.45, 7) is 6.67. The molecule has 19 heavy (non-hydrogen) atoms. The number of rotatable bonds is 3. The van der Waals surface area contributed by atoms with Gasteiger partial charge in [0.1, 0.15) is 0 Å². The van der Waals surface area contributed by atoms with Gasteiger partial charge in [0.2, 0.25) is 0 Å². The Labute approximate surface area is 116 Å². The molecule has 0 unspecified atom stereocenters. The zero-order valence-electron chi connectivity index (χ0n) is 12.0. The van der Waals surface area contributed by atoms with Gasteiger partial charge in [-0.1, -0.05) is 51.1 Å². The molecule has 2 rings (SSSR count). The van der Waals surface area contributed by atoms with Crippen LogP contribution in [0.3, 0.4) is 0 Å². The van der Waals surface area contributed by atoms with Gasteiger partial charge >= 0.3 is 0 Å². The van der Waals surface area contributed by atoms with E-state index in [1.54, 1.807) is 6.20 Å². The third-order valence-corrected chi connectivity index (χ3v) is 2.34. The van der Waals surface area contributed by atoms with Gasteiger partial charge in [0.25, 0.3) is 0 Å². The summed E-state index contributed by atoms with van der Waals surface area (Å²) in [5.41, 5.74) is 3.20. The predicted octanol–water partition coefficient (Wildman–Crippen LogP) is 3.95. The lowest BCUT2D eigenvalue weighted by Crippen LogP contribution is -1.94. The fourth-order valence-electron chi connectivity index (χ4n) is 1.63. The van der Waals surface area contributed by atoms with Crippen molar-refractivity contribution in [2.45, 2.75) is 27.2 Å². The molecule has 0 bridgehead atoms. The third-order valence-electron chi connectivity index (χ3n) is 2.34. The number of aliphatic hydroxyl groups is 1. The van der Waals surface area contributed by atoms with Crippen LogP contribution >= 0.6 is 0 Å². The molecule has 0 aliphatic rings. The van der Waals surface area contributed by atoms with E-state index in [1.807, 2.05) is 42.5 Å². The second-order valence-corrected chi connectivity index (χ2v) is 5.08. The van der Waals surface area contributed by atoms with Crippen LogP contribution in [0.1, 0.15) is 26.3 Å². The van der Waals surface area contributed by atoms with E-state index in [9.17, 15) is 0 Å². The molecule has 102 valence electrons. The maximum Gasteiger partial charge on any atom is 0.0704 e. The zero-order chi connectivity index (χ0) is 14.1. The summed E-state index contributed by atoms with van der Waals surface area (Å²) in [6.07, 6.45) is 2.46. The average molecular weight is 257 g/mol. The minimum Gasteiger partial charge on any atom is -0.396 e. The first-order valence-corrected chi connectivity index (χ1v) is 6.75. The highest BCUT2D eigenvalue weighted by Gasteiger charge is 2.03.